The largest absolute Gasteiger partial charge is 0.476 e. The number of anilines is 2. The van der Waals surface area contributed by atoms with Gasteiger partial charge in [0.2, 0.25) is 5.91 Å². The topological polar surface area (TPSA) is 126 Å². The number of halogens is 2. The number of piperidine rings is 1. The van der Waals surface area contributed by atoms with Gasteiger partial charge in [-0.2, -0.15) is 10.2 Å². The van der Waals surface area contributed by atoms with Gasteiger partial charge in [-0.1, -0.05) is 5.92 Å². The molecule has 3 aromatic heterocycles. The predicted molar refractivity (Wildman–Crippen MR) is 188 cm³/mol. The summed E-state index contributed by atoms with van der Waals surface area (Å²) in [4.78, 5) is 30.1. The van der Waals surface area contributed by atoms with E-state index in [0.29, 0.717) is 48.9 Å². The standard InChI is InChI=1S/C38H41F2N9O3/c1-23(50)47-15-11-34-32(22-47)37(48-12-3-4-25-18-30(26-20-41-45(2)21-26)31(36(39)40)19-35(25)48)44-49(34)28-9-13-46(14-10-28)29-16-24(17-29)5-6-27-7-8-33(38(51)52)43-42-27/h7-8,18-21,24,28-29,36H,3-4,9-17,22H2,1-2H3,(H,51,52). The van der Waals surface area contributed by atoms with Crippen LogP contribution in [-0.4, -0.2) is 88.8 Å². The third-order valence-electron chi connectivity index (χ3n) is 11.1. The van der Waals surface area contributed by atoms with E-state index in [9.17, 15) is 18.4 Å². The van der Waals surface area contributed by atoms with Crippen LogP contribution < -0.4 is 4.90 Å². The molecule has 0 bridgehead atoms. The Hall–Kier alpha value is -5.16. The summed E-state index contributed by atoms with van der Waals surface area (Å²) in [5.74, 6) is 6.28. The summed E-state index contributed by atoms with van der Waals surface area (Å²) in [6.45, 7) is 5.24. The number of carbonyl (C=O) groups excluding carboxylic acids is 1. The van der Waals surface area contributed by atoms with Crippen LogP contribution in [0.25, 0.3) is 11.1 Å². The fourth-order valence-electron chi connectivity index (χ4n) is 8.26. The third-order valence-corrected chi connectivity index (χ3v) is 11.1. The molecule has 2 fully saturated rings. The summed E-state index contributed by atoms with van der Waals surface area (Å²) in [7, 11) is 1.78. The van der Waals surface area contributed by atoms with Gasteiger partial charge in [0.05, 0.1) is 18.8 Å². The molecule has 8 rings (SSSR count). The highest BCUT2D eigenvalue weighted by atomic mass is 19.3. The van der Waals surface area contributed by atoms with E-state index >= 15 is 0 Å². The number of rotatable bonds is 6. The van der Waals surface area contributed by atoms with Crippen molar-refractivity contribution in [1.82, 2.24) is 39.6 Å². The molecule has 1 amide bonds. The second-order valence-electron chi connectivity index (χ2n) is 14.4. The number of amides is 1. The van der Waals surface area contributed by atoms with Crippen LogP contribution in [-0.2, 0) is 31.2 Å². The lowest BCUT2D eigenvalue weighted by molar-refractivity contribution is -0.129. The second kappa shape index (κ2) is 13.8. The molecule has 0 atom stereocenters. The van der Waals surface area contributed by atoms with E-state index in [0.717, 1.165) is 79.9 Å². The Bertz CT molecular complexity index is 2070. The van der Waals surface area contributed by atoms with E-state index in [2.05, 4.69) is 41.6 Å². The third kappa shape index (κ3) is 6.42. The van der Waals surface area contributed by atoms with Gasteiger partial charge in [-0.05, 0) is 79.8 Å². The first kappa shape index (κ1) is 34.0. The van der Waals surface area contributed by atoms with Gasteiger partial charge in [0.15, 0.2) is 11.5 Å². The van der Waals surface area contributed by atoms with E-state index in [1.165, 1.54) is 6.07 Å². The highest BCUT2D eigenvalue weighted by Crippen LogP contribution is 2.44. The first-order valence-corrected chi connectivity index (χ1v) is 18.0. The van der Waals surface area contributed by atoms with Crippen LogP contribution in [0.3, 0.4) is 0 Å². The average Bonchev–Trinajstić information content (AvgIpc) is 3.74. The van der Waals surface area contributed by atoms with E-state index < -0.39 is 12.4 Å². The van der Waals surface area contributed by atoms with Crippen molar-refractivity contribution in [3.05, 3.63) is 70.4 Å². The Morgan fingerprint density at radius 2 is 1.83 bits per heavy atom. The molecular weight excluding hydrogens is 668 g/mol. The maximum atomic E-state index is 14.6. The number of likely N-dealkylation sites (tertiary alicyclic amines) is 1. The van der Waals surface area contributed by atoms with Crippen molar-refractivity contribution in [1.29, 1.82) is 0 Å². The van der Waals surface area contributed by atoms with Crippen molar-refractivity contribution in [2.45, 2.75) is 76.9 Å². The van der Waals surface area contributed by atoms with Crippen LogP contribution in [0.5, 0.6) is 0 Å². The number of carbonyl (C=O) groups is 2. The summed E-state index contributed by atoms with van der Waals surface area (Å²) in [5, 5.41) is 26.2. The molecule has 4 aromatic rings. The summed E-state index contributed by atoms with van der Waals surface area (Å²) < 4.78 is 33.1. The summed E-state index contributed by atoms with van der Waals surface area (Å²) in [6.07, 6.45) is 6.96. The Labute approximate surface area is 300 Å². The number of aromatic carboxylic acids is 1. The molecule has 0 unspecified atom stereocenters. The van der Waals surface area contributed by atoms with Crippen molar-refractivity contribution < 1.29 is 23.5 Å². The first-order valence-electron chi connectivity index (χ1n) is 18.0. The van der Waals surface area contributed by atoms with Crippen LogP contribution >= 0.6 is 0 Å². The fourth-order valence-corrected chi connectivity index (χ4v) is 8.26. The van der Waals surface area contributed by atoms with Crippen LogP contribution in [0.4, 0.5) is 20.3 Å². The number of aromatic nitrogens is 6. The maximum absolute atomic E-state index is 14.6. The average molecular weight is 710 g/mol. The Kier molecular flexibility index (Phi) is 8.99. The SMILES string of the molecule is CC(=O)N1CCc2c(c(N3CCCc4cc(-c5cnn(C)c5)c(C(F)F)cc43)nn2C2CCN(C3CC(C#Cc4ccc(C(=O)O)nn4)C3)CC2)C1. The van der Waals surface area contributed by atoms with Gasteiger partial charge >= 0.3 is 5.97 Å². The van der Waals surface area contributed by atoms with Crippen molar-refractivity contribution in [2.24, 2.45) is 13.0 Å². The molecule has 4 aliphatic rings. The van der Waals surface area contributed by atoms with Crippen LogP contribution in [0.1, 0.15) is 90.1 Å². The predicted octanol–water partition coefficient (Wildman–Crippen LogP) is 5.17. The zero-order chi connectivity index (χ0) is 36.1. The maximum Gasteiger partial charge on any atom is 0.356 e. The smallest absolute Gasteiger partial charge is 0.356 e. The number of carboxylic acids is 1. The summed E-state index contributed by atoms with van der Waals surface area (Å²) in [6, 6.07) is 7.24. The number of benzene rings is 1. The minimum Gasteiger partial charge on any atom is -0.476 e. The zero-order valence-corrected chi connectivity index (χ0v) is 29.3. The molecule has 1 N–H and O–H groups in total. The molecule has 52 heavy (non-hydrogen) atoms. The summed E-state index contributed by atoms with van der Waals surface area (Å²) in [5.41, 5.74) is 5.49. The fraction of sp³-hybridized carbons (Fsp3) is 0.474. The number of nitrogens with zero attached hydrogens (tertiary/aromatic N) is 9. The summed E-state index contributed by atoms with van der Waals surface area (Å²) >= 11 is 0. The van der Waals surface area contributed by atoms with Crippen molar-refractivity contribution in [2.75, 3.05) is 31.1 Å². The highest BCUT2D eigenvalue weighted by Gasteiger charge is 2.38. The Morgan fingerprint density at radius 3 is 2.50 bits per heavy atom. The van der Waals surface area contributed by atoms with Gasteiger partial charge in [-0.3, -0.25) is 14.2 Å². The lowest BCUT2D eigenvalue weighted by Crippen LogP contribution is -2.48. The molecule has 1 aromatic carbocycles. The van der Waals surface area contributed by atoms with Gasteiger partial charge in [-0.25, -0.2) is 13.6 Å². The number of aryl methyl sites for hydroxylation is 2. The Balaban J connectivity index is 1.01. The van der Waals surface area contributed by atoms with Crippen LogP contribution in [0.2, 0.25) is 0 Å². The second-order valence-corrected chi connectivity index (χ2v) is 14.4. The lowest BCUT2D eigenvalue weighted by atomic mass is 9.79. The number of hydrogen-bond acceptors (Lipinski definition) is 8. The minimum absolute atomic E-state index is 0.0167. The van der Waals surface area contributed by atoms with Gasteiger partial charge in [0, 0.05) is 92.8 Å². The quantitative estimate of drug-likeness (QED) is 0.270. The molecule has 1 saturated carbocycles. The molecule has 0 spiro atoms. The van der Waals surface area contributed by atoms with Crippen molar-refractivity contribution in [3.63, 3.8) is 0 Å². The number of hydrogen-bond donors (Lipinski definition) is 1. The zero-order valence-electron chi connectivity index (χ0n) is 29.3. The monoisotopic (exact) mass is 709 g/mol. The Morgan fingerprint density at radius 1 is 1.02 bits per heavy atom. The lowest BCUT2D eigenvalue weighted by Gasteiger charge is -2.44. The van der Waals surface area contributed by atoms with E-state index in [-0.39, 0.29) is 29.1 Å². The van der Waals surface area contributed by atoms with Gasteiger partial charge < -0.3 is 19.8 Å². The van der Waals surface area contributed by atoms with Gasteiger partial charge in [0.1, 0.15) is 5.69 Å². The normalized spacial score (nSPS) is 20.6. The molecule has 1 aliphatic carbocycles. The number of fused-ring (bicyclic) bond motifs is 2. The molecular formula is C38H41F2N9O3. The van der Waals surface area contributed by atoms with Gasteiger partial charge in [0.25, 0.3) is 6.43 Å². The van der Waals surface area contributed by atoms with Crippen LogP contribution in [0, 0.1) is 17.8 Å². The van der Waals surface area contributed by atoms with Gasteiger partial charge in [-0.15, -0.1) is 10.2 Å². The molecule has 1 saturated heterocycles. The van der Waals surface area contributed by atoms with Crippen molar-refractivity contribution >= 4 is 23.4 Å². The van der Waals surface area contributed by atoms with Crippen molar-refractivity contribution in [3.8, 4) is 23.0 Å². The molecule has 14 heteroatoms. The number of alkyl halides is 2. The van der Waals surface area contributed by atoms with Crippen LogP contribution in [0.15, 0.2) is 36.7 Å². The highest BCUT2D eigenvalue weighted by molar-refractivity contribution is 5.85. The molecule has 12 nitrogen and oxygen atoms in total. The molecule has 3 aliphatic heterocycles. The molecule has 270 valence electrons. The van der Waals surface area contributed by atoms with E-state index in [1.807, 2.05) is 11.0 Å². The minimum atomic E-state index is -2.65. The molecule has 6 heterocycles. The molecule has 0 radical (unpaired) electrons. The van der Waals surface area contributed by atoms with E-state index in [4.69, 9.17) is 10.2 Å². The first-order chi connectivity index (χ1) is 25.1. The number of carboxylic acid groups (broad SMARTS) is 1. The van der Waals surface area contributed by atoms with E-state index in [1.54, 1.807) is 43.2 Å².